The van der Waals surface area contributed by atoms with Gasteiger partial charge in [-0.15, -0.1) is 0 Å². The summed E-state index contributed by atoms with van der Waals surface area (Å²) in [5.74, 6) is -0.133. The Morgan fingerprint density at radius 2 is 1.96 bits per heavy atom. The van der Waals surface area contributed by atoms with Crippen molar-refractivity contribution in [3.63, 3.8) is 0 Å². The predicted octanol–water partition coefficient (Wildman–Crippen LogP) is 1.40. The maximum atomic E-state index is 12.3. The van der Waals surface area contributed by atoms with Crippen molar-refractivity contribution >= 4 is 33.2 Å². The van der Waals surface area contributed by atoms with Gasteiger partial charge in [-0.1, -0.05) is 11.6 Å². The Labute approximate surface area is 156 Å². The van der Waals surface area contributed by atoms with E-state index in [9.17, 15) is 18.0 Å². The first-order chi connectivity index (χ1) is 12.1. The highest BCUT2D eigenvalue weighted by Crippen LogP contribution is 2.27. The monoisotopic (exact) mass is 399 g/mol. The van der Waals surface area contributed by atoms with Crippen molar-refractivity contribution in [2.75, 3.05) is 26.5 Å². The molecule has 1 aromatic carbocycles. The number of carbonyl (C=O) groups is 1. The Morgan fingerprint density at radius 1 is 1.27 bits per heavy atom. The lowest BCUT2D eigenvalue weighted by molar-refractivity contribution is -0.116. The molecule has 1 aromatic heterocycles. The van der Waals surface area contributed by atoms with Crippen molar-refractivity contribution in [3.8, 4) is 5.75 Å². The number of benzene rings is 1. The molecule has 26 heavy (non-hydrogen) atoms. The molecule has 140 valence electrons. The van der Waals surface area contributed by atoms with Crippen LogP contribution in [0.25, 0.3) is 0 Å². The van der Waals surface area contributed by atoms with Crippen molar-refractivity contribution in [1.82, 2.24) is 8.87 Å². The van der Waals surface area contributed by atoms with E-state index in [0.29, 0.717) is 16.5 Å². The number of nitrogens with zero attached hydrogens (tertiary/aromatic N) is 2. The summed E-state index contributed by atoms with van der Waals surface area (Å²) in [4.78, 5) is 24.2. The molecular weight excluding hydrogens is 382 g/mol. The van der Waals surface area contributed by atoms with Crippen LogP contribution >= 0.6 is 11.6 Å². The number of hydrogen-bond donors (Lipinski definition) is 1. The quantitative estimate of drug-likeness (QED) is 0.791. The van der Waals surface area contributed by atoms with Crippen LogP contribution in [-0.4, -0.2) is 44.4 Å². The zero-order chi connectivity index (χ0) is 19.5. The Kier molecular flexibility index (Phi) is 6.06. The van der Waals surface area contributed by atoms with E-state index in [2.05, 4.69) is 5.32 Å². The standard InChI is InChI=1S/C16H18ClN3O5S/c1-19(2)26(23,24)12-5-7-16(22)20(9-12)10-15(21)18-13-8-11(17)4-6-14(13)25-3/h4-9H,10H2,1-3H3,(H,18,21). The van der Waals surface area contributed by atoms with Gasteiger partial charge >= 0.3 is 0 Å². The summed E-state index contributed by atoms with van der Waals surface area (Å²) < 4.78 is 31.5. The molecular formula is C16H18ClN3O5S. The summed E-state index contributed by atoms with van der Waals surface area (Å²) in [5.41, 5.74) is -0.161. The first-order valence-electron chi connectivity index (χ1n) is 7.41. The summed E-state index contributed by atoms with van der Waals surface area (Å²) >= 11 is 5.91. The molecule has 0 atom stereocenters. The molecule has 0 unspecified atom stereocenters. The minimum atomic E-state index is -3.72. The van der Waals surface area contributed by atoms with E-state index in [1.807, 2.05) is 0 Å². The second kappa shape index (κ2) is 7.90. The number of halogens is 1. The number of ether oxygens (including phenoxy) is 1. The average Bonchev–Trinajstić information content (AvgIpc) is 2.56. The third kappa shape index (κ3) is 4.43. The van der Waals surface area contributed by atoms with Gasteiger partial charge in [0, 0.05) is 31.4 Å². The third-order valence-corrected chi connectivity index (χ3v) is 5.52. The lowest BCUT2D eigenvalue weighted by Crippen LogP contribution is -2.29. The third-order valence-electron chi connectivity index (χ3n) is 3.48. The average molecular weight is 400 g/mol. The normalized spacial score (nSPS) is 11.4. The maximum Gasteiger partial charge on any atom is 0.251 e. The molecule has 2 aromatic rings. The largest absolute Gasteiger partial charge is 0.495 e. The van der Waals surface area contributed by atoms with Crippen molar-refractivity contribution in [2.45, 2.75) is 11.4 Å². The van der Waals surface area contributed by atoms with Gasteiger partial charge in [-0.25, -0.2) is 12.7 Å². The molecule has 0 spiro atoms. The van der Waals surface area contributed by atoms with E-state index in [1.165, 1.54) is 33.3 Å². The van der Waals surface area contributed by atoms with Crippen molar-refractivity contribution in [3.05, 3.63) is 51.9 Å². The van der Waals surface area contributed by atoms with Gasteiger partial charge in [0.05, 0.1) is 17.7 Å². The number of anilines is 1. The topological polar surface area (TPSA) is 97.7 Å². The molecule has 0 radical (unpaired) electrons. The lowest BCUT2D eigenvalue weighted by Gasteiger charge is -2.14. The van der Waals surface area contributed by atoms with Crippen LogP contribution < -0.4 is 15.6 Å². The van der Waals surface area contributed by atoms with Gasteiger partial charge < -0.3 is 14.6 Å². The summed E-state index contributed by atoms with van der Waals surface area (Å²) in [6.45, 7) is -0.370. The van der Waals surface area contributed by atoms with Crippen LogP contribution in [0.15, 0.2) is 46.2 Å². The number of nitrogens with one attached hydrogen (secondary N) is 1. The molecule has 1 N–H and O–H groups in total. The SMILES string of the molecule is COc1ccc(Cl)cc1NC(=O)Cn1cc(S(=O)(=O)N(C)C)ccc1=O. The Hall–Kier alpha value is -2.36. The fourth-order valence-corrected chi connectivity index (χ4v) is 3.21. The van der Waals surface area contributed by atoms with Gasteiger partial charge in [0.25, 0.3) is 5.56 Å². The Morgan fingerprint density at radius 3 is 2.58 bits per heavy atom. The predicted molar refractivity (Wildman–Crippen MR) is 98.2 cm³/mol. The Balaban J connectivity index is 2.27. The summed E-state index contributed by atoms with van der Waals surface area (Å²) in [7, 11) is 0.477. The van der Waals surface area contributed by atoms with E-state index in [0.717, 1.165) is 21.1 Å². The second-order valence-corrected chi connectivity index (χ2v) is 8.10. The van der Waals surface area contributed by atoms with Gasteiger partial charge in [0.2, 0.25) is 15.9 Å². The van der Waals surface area contributed by atoms with Crippen LogP contribution in [0.5, 0.6) is 5.75 Å². The Bertz CT molecular complexity index is 986. The molecule has 1 amide bonds. The number of pyridine rings is 1. The number of rotatable bonds is 6. The minimum Gasteiger partial charge on any atom is -0.495 e. The van der Waals surface area contributed by atoms with E-state index in [4.69, 9.17) is 16.3 Å². The van der Waals surface area contributed by atoms with Crippen LogP contribution in [0.1, 0.15) is 0 Å². The van der Waals surface area contributed by atoms with Crippen LogP contribution in [-0.2, 0) is 21.4 Å². The number of hydrogen-bond acceptors (Lipinski definition) is 5. The number of carbonyl (C=O) groups excluding carboxylic acids is 1. The van der Waals surface area contributed by atoms with Gasteiger partial charge in [0.1, 0.15) is 12.3 Å². The van der Waals surface area contributed by atoms with Gasteiger partial charge in [-0.05, 0) is 24.3 Å². The fraction of sp³-hybridized carbons (Fsp3) is 0.250. The minimum absolute atomic E-state index is 0.0877. The molecule has 10 heteroatoms. The van der Waals surface area contributed by atoms with Crippen molar-refractivity contribution < 1.29 is 17.9 Å². The zero-order valence-corrected chi connectivity index (χ0v) is 16.0. The molecule has 0 bridgehead atoms. The lowest BCUT2D eigenvalue weighted by atomic mass is 10.3. The zero-order valence-electron chi connectivity index (χ0n) is 14.4. The molecule has 0 aliphatic carbocycles. The number of methoxy groups -OCH3 is 1. The van der Waals surface area contributed by atoms with Gasteiger partial charge in [0.15, 0.2) is 0 Å². The van der Waals surface area contributed by atoms with Gasteiger partial charge in [-0.3, -0.25) is 9.59 Å². The van der Waals surface area contributed by atoms with Crippen LogP contribution in [0.4, 0.5) is 5.69 Å². The molecule has 0 saturated carbocycles. The first kappa shape index (κ1) is 20.0. The molecule has 0 fully saturated rings. The highest BCUT2D eigenvalue weighted by molar-refractivity contribution is 7.89. The van der Waals surface area contributed by atoms with Crippen molar-refractivity contribution in [2.24, 2.45) is 0 Å². The van der Waals surface area contributed by atoms with Crippen LogP contribution in [0.2, 0.25) is 5.02 Å². The van der Waals surface area contributed by atoms with Gasteiger partial charge in [-0.2, -0.15) is 0 Å². The summed E-state index contributed by atoms with van der Waals surface area (Å²) in [6, 6.07) is 7.01. The highest BCUT2D eigenvalue weighted by Gasteiger charge is 2.19. The molecule has 1 heterocycles. The molecule has 0 saturated heterocycles. The number of aromatic nitrogens is 1. The second-order valence-electron chi connectivity index (χ2n) is 5.51. The number of amides is 1. The van der Waals surface area contributed by atoms with E-state index < -0.39 is 21.5 Å². The smallest absolute Gasteiger partial charge is 0.251 e. The molecule has 0 aliphatic heterocycles. The van der Waals surface area contributed by atoms with E-state index in [-0.39, 0.29) is 11.4 Å². The molecule has 8 nitrogen and oxygen atoms in total. The first-order valence-corrected chi connectivity index (χ1v) is 9.23. The summed E-state index contributed by atoms with van der Waals surface area (Å²) in [6.07, 6.45) is 1.13. The maximum absolute atomic E-state index is 12.3. The number of sulfonamides is 1. The van der Waals surface area contributed by atoms with Crippen LogP contribution in [0, 0.1) is 0 Å². The highest BCUT2D eigenvalue weighted by atomic mass is 35.5. The van der Waals surface area contributed by atoms with Crippen molar-refractivity contribution in [1.29, 1.82) is 0 Å². The van der Waals surface area contributed by atoms with E-state index in [1.54, 1.807) is 12.1 Å². The fourth-order valence-electron chi connectivity index (χ4n) is 2.12. The van der Waals surface area contributed by atoms with Crippen LogP contribution in [0.3, 0.4) is 0 Å². The summed E-state index contributed by atoms with van der Waals surface area (Å²) in [5, 5.41) is 2.99. The molecule has 2 rings (SSSR count). The van der Waals surface area contributed by atoms with E-state index >= 15 is 0 Å². The molecule has 0 aliphatic rings.